The standard InChI is InChI=1S/C26H24N6O4S2/c33-23(18-14-35-19-10-4-3-9-17(18)19)27-25-31-29-20(37-25)11-5-6-12-21-30-32-26(38-21)28-24(34)22-16-8-2-1-7-15(16)13-36-22/h1-4,7-10,18,22H,5-6,11-14H2,(H,27,31,33)(H,28,32,34). The Morgan fingerprint density at radius 1 is 0.816 bits per heavy atom. The van der Waals surface area contributed by atoms with Crippen LogP contribution in [0.2, 0.25) is 0 Å². The molecule has 0 radical (unpaired) electrons. The molecule has 6 rings (SSSR count). The Balaban J connectivity index is 0.940. The molecule has 194 valence electrons. The number of unbranched alkanes of at least 4 members (excludes halogenated alkanes) is 1. The molecule has 4 heterocycles. The van der Waals surface area contributed by atoms with Gasteiger partial charge in [0, 0.05) is 18.4 Å². The first kappa shape index (κ1) is 24.6. The van der Waals surface area contributed by atoms with Crippen molar-refractivity contribution in [1.82, 2.24) is 20.4 Å². The quantitative estimate of drug-likeness (QED) is 0.297. The number of nitrogens with one attached hydrogen (secondary N) is 2. The Labute approximate surface area is 226 Å². The first-order valence-electron chi connectivity index (χ1n) is 12.3. The fourth-order valence-corrected chi connectivity index (χ4v) is 6.08. The largest absolute Gasteiger partial charge is 0.492 e. The minimum absolute atomic E-state index is 0.138. The van der Waals surface area contributed by atoms with E-state index in [1.165, 1.54) is 22.7 Å². The molecule has 10 nitrogen and oxygen atoms in total. The van der Waals surface area contributed by atoms with Crippen LogP contribution in [0, 0.1) is 0 Å². The van der Waals surface area contributed by atoms with E-state index in [1.807, 2.05) is 48.5 Å². The lowest BCUT2D eigenvalue weighted by molar-refractivity contribution is -0.127. The van der Waals surface area contributed by atoms with E-state index in [0.717, 1.165) is 58.1 Å². The fourth-order valence-electron chi connectivity index (χ4n) is 4.51. The van der Waals surface area contributed by atoms with E-state index in [2.05, 4.69) is 31.0 Å². The number of rotatable bonds is 9. The average molecular weight is 549 g/mol. The summed E-state index contributed by atoms with van der Waals surface area (Å²) in [7, 11) is 0. The van der Waals surface area contributed by atoms with Gasteiger partial charge in [-0.05, 0) is 30.0 Å². The van der Waals surface area contributed by atoms with Crippen molar-refractivity contribution in [3.8, 4) is 5.75 Å². The normalized spacial score (nSPS) is 17.5. The lowest BCUT2D eigenvalue weighted by atomic mass is 10.0. The Bertz CT molecular complexity index is 1360. The molecular weight excluding hydrogens is 524 g/mol. The van der Waals surface area contributed by atoms with Gasteiger partial charge in [0.2, 0.25) is 16.2 Å². The van der Waals surface area contributed by atoms with Crippen LogP contribution in [-0.2, 0) is 33.8 Å². The lowest BCUT2D eigenvalue weighted by Crippen LogP contribution is -2.22. The first-order valence-corrected chi connectivity index (χ1v) is 13.9. The zero-order valence-corrected chi connectivity index (χ0v) is 21.9. The SMILES string of the molecule is O=C(Nc1nnc(CCCCc2nnc(NC(=O)C3OCc4ccccc43)s2)s1)C1COc2ccccc21. The first-order chi connectivity index (χ1) is 18.6. The Morgan fingerprint density at radius 2 is 1.45 bits per heavy atom. The summed E-state index contributed by atoms with van der Waals surface area (Å²) in [6.45, 7) is 0.762. The summed E-state index contributed by atoms with van der Waals surface area (Å²) in [6.07, 6.45) is 2.66. The molecule has 38 heavy (non-hydrogen) atoms. The molecule has 2 atom stereocenters. The van der Waals surface area contributed by atoms with Gasteiger partial charge in [0.1, 0.15) is 28.3 Å². The summed E-state index contributed by atoms with van der Waals surface area (Å²) in [5.74, 6) is 0.0350. The van der Waals surface area contributed by atoms with Crippen molar-refractivity contribution >= 4 is 44.8 Å². The molecule has 2 aromatic carbocycles. The molecule has 0 spiro atoms. The minimum atomic E-state index is -0.623. The molecule has 2 unspecified atom stereocenters. The number of aromatic nitrogens is 4. The number of anilines is 2. The molecule has 2 aromatic heterocycles. The molecular formula is C26H24N6O4S2. The van der Waals surface area contributed by atoms with E-state index in [-0.39, 0.29) is 17.7 Å². The summed E-state index contributed by atoms with van der Waals surface area (Å²) in [5.41, 5.74) is 2.82. The molecule has 0 saturated heterocycles. The van der Waals surface area contributed by atoms with Gasteiger partial charge in [0.25, 0.3) is 5.91 Å². The van der Waals surface area contributed by atoms with E-state index in [0.29, 0.717) is 23.5 Å². The van der Waals surface area contributed by atoms with Crippen molar-refractivity contribution in [3.63, 3.8) is 0 Å². The zero-order valence-electron chi connectivity index (χ0n) is 20.3. The number of ether oxygens (including phenoxy) is 2. The van der Waals surface area contributed by atoms with Crippen molar-refractivity contribution in [1.29, 1.82) is 0 Å². The van der Waals surface area contributed by atoms with Gasteiger partial charge < -0.3 is 9.47 Å². The second kappa shape index (κ2) is 10.9. The maximum atomic E-state index is 12.7. The monoisotopic (exact) mass is 548 g/mol. The molecule has 0 aliphatic carbocycles. The van der Waals surface area contributed by atoms with Crippen LogP contribution in [0.1, 0.15) is 51.6 Å². The third-order valence-electron chi connectivity index (χ3n) is 6.42. The number of fused-ring (bicyclic) bond motifs is 2. The number of carbonyl (C=O) groups excluding carboxylic acids is 2. The minimum Gasteiger partial charge on any atom is -0.492 e. The van der Waals surface area contributed by atoms with Gasteiger partial charge in [0.05, 0.1) is 6.61 Å². The van der Waals surface area contributed by atoms with E-state index in [9.17, 15) is 9.59 Å². The van der Waals surface area contributed by atoms with Crippen LogP contribution < -0.4 is 15.4 Å². The highest BCUT2D eigenvalue weighted by atomic mass is 32.1. The van der Waals surface area contributed by atoms with E-state index >= 15 is 0 Å². The highest BCUT2D eigenvalue weighted by Gasteiger charge is 2.31. The molecule has 0 saturated carbocycles. The van der Waals surface area contributed by atoms with Crippen molar-refractivity contribution < 1.29 is 19.1 Å². The molecule has 2 aliphatic rings. The Hall–Kier alpha value is -3.74. The van der Waals surface area contributed by atoms with Crippen LogP contribution >= 0.6 is 22.7 Å². The van der Waals surface area contributed by atoms with Crippen molar-refractivity contribution in [2.75, 3.05) is 17.2 Å². The van der Waals surface area contributed by atoms with Gasteiger partial charge in [-0.3, -0.25) is 20.2 Å². The molecule has 4 aromatic rings. The summed E-state index contributed by atoms with van der Waals surface area (Å²) >= 11 is 2.76. The van der Waals surface area contributed by atoms with Gasteiger partial charge in [-0.1, -0.05) is 65.1 Å². The number of para-hydroxylation sites is 1. The summed E-state index contributed by atoms with van der Waals surface area (Å²) in [5, 5.41) is 25.0. The molecule has 0 bridgehead atoms. The van der Waals surface area contributed by atoms with Crippen molar-refractivity contribution in [3.05, 3.63) is 75.2 Å². The maximum Gasteiger partial charge on any atom is 0.259 e. The summed E-state index contributed by atoms with van der Waals surface area (Å²) < 4.78 is 11.3. The second-order valence-electron chi connectivity index (χ2n) is 8.98. The van der Waals surface area contributed by atoms with Gasteiger partial charge in [0.15, 0.2) is 6.10 Å². The second-order valence-corrected chi connectivity index (χ2v) is 11.1. The van der Waals surface area contributed by atoms with Crippen LogP contribution in [0.25, 0.3) is 0 Å². The highest BCUT2D eigenvalue weighted by molar-refractivity contribution is 7.15. The van der Waals surface area contributed by atoms with Gasteiger partial charge in [-0.15, -0.1) is 20.4 Å². The molecule has 0 fully saturated rings. The number of benzene rings is 2. The lowest BCUT2D eigenvalue weighted by Gasteiger charge is -2.09. The van der Waals surface area contributed by atoms with Crippen LogP contribution in [0.3, 0.4) is 0 Å². The molecule has 2 amide bonds. The maximum absolute atomic E-state index is 12.7. The predicted octanol–water partition coefficient (Wildman–Crippen LogP) is 4.28. The number of hydrogen-bond donors (Lipinski definition) is 2. The van der Waals surface area contributed by atoms with E-state index in [4.69, 9.17) is 9.47 Å². The third kappa shape index (κ3) is 5.28. The summed E-state index contributed by atoms with van der Waals surface area (Å²) in [4.78, 5) is 25.4. The molecule has 2 N–H and O–H groups in total. The smallest absolute Gasteiger partial charge is 0.259 e. The van der Waals surface area contributed by atoms with Crippen molar-refractivity contribution in [2.24, 2.45) is 0 Å². The Kier molecular flexibility index (Phi) is 7.08. The number of aryl methyl sites for hydroxylation is 2. The summed E-state index contributed by atoms with van der Waals surface area (Å²) in [6, 6.07) is 15.3. The van der Waals surface area contributed by atoms with E-state index in [1.54, 1.807) is 0 Å². The van der Waals surface area contributed by atoms with Gasteiger partial charge in [-0.2, -0.15) is 0 Å². The highest BCUT2D eigenvalue weighted by Crippen LogP contribution is 2.35. The topological polar surface area (TPSA) is 128 Å². The number of amides is 2. The van der Waals surface area contributed by atoms with Crippen molar-refractivity contribution in [2.45, 2.75) is 44.3 Å². The van der Waals surface area contributed by atoms with Crippen LogP contribution in [0.5, 0.6) is 5.75 Å². The zero-order chi connectivity index (χ0) is 25.9. The molecule has 2 aliphatic heterocycles. The van der Waals surface area contributed by atoms with Crippen LogP contribution in [0.4, 0.5) is 10.3 Å². The van der Waals surface area contributed by atoms with Crippen LogP contribution in [-0.4, -0.2) is 38.8 Å². The van der Waals surface area contributed by atoms with Crippen LogP contribution in [0.15, 0.2) is 48.5 Å². The fraction of sp³-hybridized carbons (Fsp3) is 0.308. The van der Waals surface area contributed by atoms with Gasteiger partial charge >= 0.3 is 0 Å². The number of hydrogen-bond acceptors (Lipinski definition) is 10. The Morgan fingerprint density at radius 3 is 2.18 bits per heavy atom. The number of nitrogens with zero attached hydrogens (tertiary/aromatic N) is 4. The predicted molar refractivity (Wildman–Crippen MR) is 142 cm³/mol. The third-order valence-corrected chi connectivity index (χ3v) is 8.22. The van der Waals surface area contributed by atoms with E-state index < -0.39 is 6.10 Å². The molecule has 12 heteroatoms. The number of carbonyl (C=O) groups is 2. The average Bonchev–Trinajstić information content (AvgIpc) is 3.73. The van der Waals surface area contributed by atoms with Gasteiger partial charge in [-0.25, -0.2) is 0 Å².